The number of nitrogens with one attached hydrogen (secondary N) is 2. The fraction of sp³-hybridized carbons (Fsp3) is 0.207. The van der Waals surface area contributed by atoms with Crippen LogP contribution in [0.25, 0.3) is 10.8 Å². The summed E-state index contributed by atoms with van der Waals surface area (Å²) in [6.45, 7) is 4.31. The molecule has 11 heteroatoms. The van der Waals surface area contributed by atoms with E-state index < -0.39 is 33.7 Å². The summed E-state index contributed by atoms with van der Waals surface area (Å²) in [7, 11) is -4.24. The summed E-state index contributed by atoms with van der Waals surface area (Å²) >= 11 is 0. The highest BCUT2D eigenvalue weighted by Crippen LogP contribution is 2.21. The van der Waals surface area contributed by atoms with E-state index in [4.69, 9.17) is 0 Å². The van der Waals surface area contributed by atoms with Crippen LogP contribution in [0, 0.1) is 5.92 Å². The Balaban J connectivity index is 1.53. The van der Waals surface area contributed by atoms with Crippen molar-refractivity contribution in [2.75, 3.05) is 18.4 Å². The number of anilines is 1. The van der Waals surface area contributed by atoms with Gasteiger partial charge in [0.25, 0.3) is 15.9 Å². The predicted octanol–water partition coefficient (Wildman–Crippen LogP) is 3.41. The second-order valence-corrected chi connectivity index (χ2v) is 10.7. The molecule has 1 heterocycles. The number of aromatic nitrogens is 2. The van der Waals surface area contributed by atoms with Gasteiger partial charge in [0.15, 0.2) is 0 Å². The molecule has 1 atom stereocenters. The highest BCUT2D eigenvalue weighted by molar-refractivity contribution is 7.90. The van der Waals surface area contributed by atoms with Crippen molar-refractivity contribution < 1.29 is 22.8 Å². The van der Waals surface area contributed by atoms with E-state index in [1.807, 2.05) is 12.1 Å². The molecule has 10 nitrogen and oxygen atoms in total. The molecule has 0 saturated heterocycles. The van der Waals surface area contributed by atoms with Gasteiger partial charge < -0.3 is 10.2 Å². The molecule has 4 rings (SSSR count). The number of carbonyl (C=O) groups is 3. The van der Waals surface area contributed by atoms with Crippen LogP contribution in [-0.2, 0) is 26.0 Å². The normalized spacial score (nSPS) is 11.9. The average molecular weight is 560 g/mol. The maximum atomic E-state index is 13.3. The van der Waals surface area contributed by atoms with Gasteiger partial charge in [-0.15, -0.1) is 0 Å². The third kappa shape index (κ3) is 6.67. The van der Waals surface area contributed by atoms with Crippen LogP contribution in [-0.4, -0.2) is 54.1 Å². The van der Waals surface area contributed by atoms with Crippen LogP contribution in [0.15, 0.2) is 90.2 Å². The van der Waals surface area contributed by atoms with Crippen LogP contribution >= 0.6 is 0 Å². The number of hydrogen-bond donors (Lipinski definition) is 2. The number of amides is 3. The first-order valence-electron chi connectivity index (χ1n) is 12.7. The van der Waals surface area contributed by atoms with Gasteiger partial charge in [-0.25, -0.2) is 18.1 Å². The second-order valence-electron chi connectivity index (χ2n) is 8.99. The van der Waals surface area contributed by atoms with Crippen molar-refractivity contribution in [1.29, 1.82) is 0 Å². The molecule has 4 aromatic rings. The molecule has 0 bridgehead atoms. The molecule has 40 heavy (non-hydrogen) atoms. The lowest BCUT2D eigenvalue weighted by Gasteiger charge is -2.24. The summed E-state index contributed by atoms with van der Waals surface area (Å²) in [5, 5.41) is 4.28. The van der Waals surface area contributed by atoms with Crippen LogP contribution in [0.2, 0.25) is 0 Å². The zero-order chi connectivity index (χ0) is 28.7. The zero-order valence-electron chi connectivity index (χ0n) is 22.1. The molecule has 0 aliphatic heterocycles. The molecule has 0 aliphatic rings. The van der Waals surface area contributed by atoms with Crippen LogP contribution < -0.4 is 10.0 Å². The Bertz CT molecular complexity index is 1620. The number of sulfonamides is 1. The molecule has 1 aromatic heterocycles. The molecule has 206 valence electrons. The summed E-state index contributed by atoms with van der Waals surface area (Å²) in [4.78, 5) is 48.3. The lowest BCUT2D eigenvalue weighted by molar-refractivity contribution is -0.141. The van der Waals surface area contributed by atoms with Crippen molar-refractivity contribution in [3.05, 3.63) is 96.6 Å². The molecule has 0 saturated carbocycles. The Kier molecular flexibility index (Phi) is 8.85. The van der Waals surface area contributed by atoms with Crippen LogP contribution in [0.5, 0.6) is 0 Å². The van der Waals surface area contributed by atoms with E-state index in [1.165, 1.54) is 35.6 Å². The van der Waals surface area contributed by atoms with Crippen LogP contribution in [0.4, 0.5) is 5.69 Å². The van der Waals surface area contributed by atoms with E-state index in [0.717, 1.165) is 5.39 Å². The van der Waals surface area contributed by atoms with Gasteiger partial charge in [0.1, 0.15) is 11.6 Å². The molecular weight excluding hydrogens is 530 g/mol. The van der Waals surface area contributed by atoms with Gasteiger partial charge in [0.05, 0.1) is 11.1 Å². The number of hydrogen-bond acceptors (Lipinski definition) is 7. The van der Waals surface area contributed by atoms with E-state index in [9.17, 15) is 22.8 Å². The van der Waals surface area contributed by atoms with E-state index in [0.29, 0.717) is 29.7 Å². The minimum absolute atomic E-state index is 0.0349. The maximum absolute atomic E-state index is 13.3. The molecule has 0 fully saturated rings. The van der Waals surface area contributed by atoms with Crippen LogP contribution in [0.3, 0.4) is 0 Å². The fourth-order valence-corrected chi connectivity index (χ4v) is 5.27. The fourth-order valence-electron chi connectivity index (χ4n) is 4.22. The Labute approximate surface area is 232 Å². The lowest BCUT2D eigenvalue weighted by Crippen LogP contribution is -2.46. The maximum Gasteiger partial charge on any atom is 0.275 e. The van der Waals surface area contributed by atoms with Crippen molar-refractivity contribution >= 4 is 44.2 Å². The van der Waals surface area contributed by atoms with Gasteiger partial charge in [0, 0.05) is 31.2 Å². The van der Waals surface area contributed by atoms with E-state index in [1.54, 1.807) is 56.3 Å². The van der Waals surface area contributed by atoms with Crippen LogP contribution in [0.1, 0.15) is 29.9 Å². The van der Waals surface area contributed by atoms with Crippen molar-refractivity contribution in [2.24, 2.45) is 5.92 Å². The van der Waals surface area contributed by atoms with Crippen molar-refractivity contribution in [1.82, 2.24) is 19.6 Å². The first-order chi connectivity index (χ1) is 19.2. The molecule has 3 amide bonds. The molecule has 2 N–H and O–H groups in total. The number of fused-ring (bicyclic) bond motifs is 1. The highest BCUT2D eigenvalue weighted by Gasteiger charge is 2.33. The summed E-state index contributed by atoms with van der Waals surface area (Å²) in [5.74, 6) is -3.11. The third-order valence-corrected chi connectivity index (χ3v) is 7.75. The monoisotopic (exact) mass is 559 g/mol. The first-order valence-corrected chi connectivity index (χ1v) is 14.2. The molecule has 1 unspecified atom stereocenters. The van der Waals surface area contributed by atoms with Gasteiger partial charge in [0.2, 0.25) is 11.8 Å². The second kappa shape index (κ2) is 12.5. The summed E-state index contributed by atoms with van der Waals surface area (Å²) < 4.78 is 28.4. The Morgan fingerprint density at radius 3 is 2.25 bits per heavy atom. The predicted molar refractivity (Wildman–Crippen MR) is 151 cm³/mol. The number of benzene rings is 3. The number of nitrogens with zero attached hydrogens (tertiary/aromatic N) is 3. The van der Waals surface area contributed by atoms with Crippen molar-refractivity contribution in [3.63, 3.8) is 0 Å². The molecule has 0 aliphatic carbocycles. The average Bonchev–Trinajstić information content (AvgIpc) is 2.97. The van der Waals surface area contributed by atoms with Gasteiger partial charge in [-0.1, -0.05) is 42.5 Å². The standard InChI is InChI=1S/C29H29N5O5S/c1-3-34(4-2)29(37)25(17-20-9-12-23(13-10-20)32-28(36)26-19-30-15-16-31-26)27(35)33-40(38,39)24-14-11-21-7-5-6-8-22(21)18-24/h5-16,18-19,25H,3-4,17H2,1-2H3,(H,32,36)(H,33,35). The SMILES string of the molecule is CCN(CC)C(=O)C(Cc1ccc(NC(=O)c2cnccn2)cc1)C(=O)NS(=O)(=O)c1ccc2ccccc2c1. The Morgan fingerprint density at radius 2 is 1.60 bits per heavy atom. The summed E-state index contributed by atoms with van der Waals surface area (Å²) in [6, 6.07) is 18.4. The summed E-state index contributed by atoms with van der Waals surface area (Å²) in [6.07, 6.45) is 4.19. The lowest BCUT2D eigenvalue weighted by atomic mass is 9.97. The smallest absolute Gasteiger partial charge is 0.275 e. The highest BCUT2D eigenvalue weighted by atomic mass is 32.2. The largest absolute Gasteiger partial charge is 0.343 e. The van der Waals surface area contributed by atoms with Gasteiger partial charge in [-0.3, -0.25) is 19.4 Å². The van der Waals surface area contributed by atoms with Crippen molar-refractivity contribution in [2.45, 2.75) is 25.2 Å². The van der Waals surface area contributed by atoms with E-state index in [2.05, 4.69) is 20.0 Å². The minimum atomic E-state index is -4.24. The van der Waals surface area contributed by atoms with Gasteiger partial charge in [-0.05, 0) is 60.9 Å². The number of rotatable bonds is 10. The zero-order valence-corrected chi connectivity index (χ0v) is 22.9. The van der Waals surface area contributed by atoms with Gasteiger partial charge >= 0.3 is 0 Å². The third-order valence-electron chi connectivity index (χ3n) is 6.40. The first kappa shape index (κ1) is 28.4. The quantitative estimate of drug-likeness (QED) is 0.284. The molecule has 0 radical (unpaired) electrons. The minimum Gasteiger partial charge on any atom is -0.343 e. The van der Waals surface area contributed by atoms with Crippen molar-refractivity contribution in [3.8, 4) is 0 Å². The van der Waals surface area contributed by atoms with E-state index >= 15 is 0 Å². The Hall–Kier alpha value is -4.64. The molecule has 0 spiro atoms. The molecular formula is C29H29N5O5S. The number of carbonyl (C=O) groups excluding carboxylic acids is 3. The Morgan fingerprint density at radius 1 is 0.900 bits per heavy atom. The summed E-state index contributed by atoms with van der Waals surface area (Å²) in [5.41, 5.74) is 1.25. The molecule has 3 aromatic carbocycles. The topological polar surface area (TPSA) is 138 Å². The van der Waals surface area contributed by atoms with Gasteiger partial charge in [-0.2, -0.15) is 0 Å². The van der Waals surface area contributed by atoms with E-state index in [-0.39, 0.29) is 17.0 Å².